The minimum atomic E-state index is 0.680. The first kappa shape index (κ1) is 24.5. The number of pyridine rings is 1. The van der Waals surface area contributed by atoms with Gasteiger partial charge >= 0.3 is 0 Å². The SMILES string of the molecule is c1ccc(-c2cc(-n3c4cccnc4c4ccc5c(c6ccccc6n5-c5ccccc5)c43)nc(-c3ccccc3)n2)cc1. The molecule has 0 fully saturated rings. The van der Waals surface area contributed by atoms with E-state index in [4.69, 9.17) is 15.0 Å². The predicted molar refractivity (Wildman–Crippen MR) is 179 cm³/mol. The largest absolute Gasteiger partial charge is 0.309 e. The Labute approximate surface area is 253 Å². The van der Waals surface area contributed by atoms with Crippen molar-refractivity contribution in [3.63, 3.8) is 0 Å². The van der Waals surface area contributed by atoms with Crippen LogP contribution in [0.4, 0.5) is 0 Å². The molecule has 9 rings (SSSR count). The van der Waals surface area contributed by atoms with E-state index in [1.165, 1.54) is 10.8 Å². The summed E-state index contributed by atoms with van der Waals surface area (Å²) in [4.78, 5) is 15.2. The number of fused-ring (bicyclic) bond motifs is 7. The summed E-state index contributed by atoms with van der Waals surface area (Å²) in [7, 11) is 0. The molecule has 5 aromatic carbocycles. The minimum Gasteiger partial charge on any atom is -0.309 e. The zero-order valence-electron chi connectivity index (χ0n) is 23.7. The molecule has 0 radical (unpaired) electrons. The van der Waals surface area contributed by atoms with Gasteiger partial charge in [0.15, 0.2) is 5.82 Å². The lowest BCUT2D eigenvalue weighted by Gasteiger charge is -2.12. The van der Waals surface area contributed by atoms with Crippen molar-refractivity contribution in [1.29, 1.82) is 0 Å². The number of hydrogen-bond donors (Lipinski definition) is 0. The molecule has 0 aliphatic carbocycles. The lowest BCUT2D eigenvalue weighted by Crippen LogP contribution is -2.03. The molecule has 0 unspecified atom stereocenters. The fourth-order valence-electron chi connectivity index (χ4n) is 6.49. The van der Waals surface area contributed by atoms with Gasteiger partial charge in [0.05, 0.1) is 33.3 Å². The lowest BCUT2D eigenvalue weighted by atomic mass is 10.1. The standard InChI is InChI=1S/C39H25N5/c1-4-13-26(14-5-1)31-25-35(42-39(41-31)27-15-6-2-7-16-27)44-34-21-12-24-40-37(34)30-22-23-33-36(38(30)44)29-19-10-11-20-32(29)43(33)28-17-8-3-9-18-28/h1-25H. The van der Waals surface area contributed by atoms with E-state index in [9.17, 15) is 0 Å². The number of para-hydroxylation sites is 2. The van der Waals surface area contributed by atoms with Crippen molar-refractivity contribution in [2.24, 2.45) is 0 Å². The van der Waals surface area contributed by atoms with E-state index in [0.717, 1.165) is 61.3 Å². The molecule has 4 aromatic heterocycles. The summed E-state index contributed by atoms with van der Waals surface area (Å²) in [5.74, 6) is 1.48. The first-order chi connectivity index (χ1) is 21.8. The maximum absolute atomic E-state index is 5.24. The van der Waals surface area contributed by atoms with Gasteiger partial charge in [0.25, 0.3) is 0 Å². The van der Waals surface area contributed by atoms with Crippen molar-refractivity contribution < 1.29 is 0 Å². The molecular weight excluding hydrogens is 538 g/mol. The van der Waals surface area contributed by atoms with Crippen LogP contribution >= 0.6 is 0 Å². The van der Waals surface area contributed by atoms with Gasteiger partial charge in [-0.3, -0.25) is 9.55 Å². The molecule has 0 N–H and O–H groups in total. The minimum absolute atomic E-state index is 0.680. The molecule has 0 aliphatic rings. The van der Waals surface area contributed by atoms with E-state index >= 15 is 0 Å². The first-order valence-corrected chi connectivity index (χ1v) is 14.7. The highest BCUT2D eigenvalue weighted by Gasteiger charge is 2.22. The molecule has 0 spiro atoms. The van der Waals surface area contributed by atoms with Crippen LogP contribution < -0.4 is 0 Å². The Hall–Kier alpha value is -6.07. The van der Waals surface area contributed by atoms with Gasteiger partial charge in [-0.1, -0.05) is 97.1 Å². The summed E-state index contributed by atoms with van der Waals surface area (Å²) in [5, 5.41) is 3.44. The van der Waals surface area contributed by atoms with Crippen molar-refractivity contribution >= 4 is 43.7 Å². The van der Waals surface area contributed by atoms with Gasteiger partial charge in [-0.2, -0.15) is 0 Å². The smallest absolute Gasteiger partial charge is 0.162 e. The summed E-state index contributed by atoms with van der Waals surface area (Å²) in [6.45, 7) is 0. The summed E-state index contributed by atoms with van der Waals surface area (Å²) >= 11 is 0. The Morgan fingerprint density at radius 1 is 0.477 bits per heavy atom. The molecule has 0 saturated carbocycles. The molecule has 44 heavy (non-hydrogen) atoms. The summed E-state index contributed by atoms with van der Waals surface area (Å²) < 4.78 is 4.63. The van der Waals surface area contributed by atoms with Crippen molar-refractivity contribution in [2.75, 3.05) is 0 Å². The van der Waals surface area contributed by atoms with Gasteiger partial charge in [-0.05, 0) is 42.5 Å². The van der Waals surface area contributed by atoms with Gasteiger partial charge in [-0.15, -0.1) is 0 Å². The second kappa shape index (κ2) is 9.75. The van der Waals surface area contributed by atoms with E-state index in [2.05, 4.69) is 112 Å². The van der Waals surface area contributed by atoms with Crippen LogP contribution in [0.5, 0.6) is 0 Å². The van der Waals surface area contributed by atoms with Crippen molar-refractivity contribution in [2.45, 2.75) is 0 Å². The van der Waals surface area contributed by atoms with Crippen LogP contribution in [0.25, 0.3) is 77.9 Å². The van der Waals surface area contributed by atoms with E-state index in [1.54, 1.807) is 0 Å². The van der Waals surface area contributed by atoms with Crippen LogP contribution in [0, 0.1) is 0 Å². The van der Waals surface area contributed by atoms with Crippen LogP contribution in [-0.4, -0.2) is 24.1 Å². The summed E-state index contributed by atoms with van der Waals surface area (Å²) in [6, 6.07) is 50.4. The fraction of sp³-hybridized carbons (Fsp3) is 0. The molecule has 9 aromatic rings. The molecule has 0 aliphatic heterocycles. The second-order valence-corrected chi connectivity index (χ2v) is 10.9. The third kappa shape index (κ3) is 3.69. The first-order valence-electron chi connectivity index (χ1n) is 14.7. The van der Waals surface area contributed by atoms with Gasteiger partial charge in [0.1, 0.15) is 5.82 Å². The molecule has 0 atom stereocenters. The average molecular weight is 564 g/mol. The summed E-state index contributed by atoms with van der Waals surface area (Å²) in [5.41, 5.74) is 9.32. The van der Waals surface area contributed by atoms with Crippen LogP contribution in [0.2, 0.25) is 0 Å². The van der Waals surface area contributed by atoms with Crippen LogP contribution in [0.15, 0.2) is 152 Å². The van der Waals surface area contributed by atoms with E-state index in [-0.39, 0.29) is 0 Å². The highest BCUT2D eigenvalue weighted by atomic mass is 15.1. The molecule has 0 amide bonds. The molecule has 0 bridgehead atoms. The van der Waals surface area contributed by atoms with Gasteiger partial charge in [0.2, 0.25) is 0 Å². The maximum Gasteiger partial charge on any atom is 0.162 e. The van der Waals surface area contributed by atoms with Crippen LogP contribution in [0.1, 0.15) is 0 Å². The lowest BCUT2D eigenvalue weighted by molar-refractivity contribution is 1.05. The Balaban J connectivity index is 1.46. The predicted octanol–water partition coefficient (Wildman–Crippen LogP) is 9.40. The topological polar surface area (TPSA) is 48.5 Å². The van der Waals surface area contributed by atoms with Crippen LogP contribution in [-0.2, 0) is 0 Å². The highest BCUT2D eigenvalue weighted by molar-refractivity contribution is 6.25. The normalized spacial score (nSPS) is 11.6. The fourth-order valence-corrected chi connectivity index (χ4v) is 6.49. The third-order valence-electron chi connectivity index (χ3n) is 8.37. The summed E-state index contributed by atoms with van der Waals surface area (Å²) in [6.07, 6.45) is 1.87. The third-order valence-corrected chi connectivity index (χ3v) is 8.37. The van der Waals surface area contributed by atoms with Gasteiger partial charge < -0.3 is 4.57 Å². The van der Waals surface area contributed by atoms with Crippen molar-refractivity contribution in [1.82, 2.24) is 24.1 Å². The van der Waals surface area contributed by atoms with Gasteiger partial charge in [-0.25, -0.2) is 9.97 Å². The number of benzene rings is 5. The average Bonchev–Trinajstić information content (AvgIpc) is 3.62. The van der Waals surface area contributed by atoms with Crippen molar-refractivity contribution in [3.8, 4) is 34.2 Å². The number of aromatic nitrogens is 5. The Morgan fingerprint density at radius 3 is 1.95 bits per heavy atom. The molecular formula is C39H25N5. The molecule has 206 valence electrons. The molecule has 5 nitrogen and oxygen atoms in total. The number of rotatable bonds is 4. The van der Waals surface area contributed by atoms with E-state index in [0.29, 0.717) is 5.82 Å². The van der Waals surface area contributed by atoms with E-state index < -0.39 is 0 Å². The Morgan fingerprint density at radius 2 is 1.16 bits per heavy atom. The zero-order chi connectivity index (χ0) is 29.0. The van der Waals surface area contributed by atoms with Crippen molar-refractivity contribution in [3.05, 3.63) is 152 Å². The number of hydrogen-bond acceptors (Lipinski definition) is 3. The quantitative estimate of drug-likeness (QED) is 0.214. The molecule has 4 heterocycles. The Bertz CT molecular complexity index is 2420. The highest BCUT2D eigenvalue weighted by Crippen LogP contribution is 2.41. The maximum atomic E-state index is 5.24. The molecule has 5 heteroatoms. The molecule has 0 saturated heterocycles. The Kier molecular flexibility index (Phi) is 5.43. The van der Waals surface area contributed by atoms with E-state index in [1.807, 2.05) is 48.7 Å². The second-order valence-electron chi connectivity index (χ2n) is 10.9. The monoisotopic (exact) mass is 563 g/mol. The van der Waals surface area contributed by atoms with Gasteiger partial charge in [0, 0.05) is 45.2 Å². The zero-order valence-corrected chi connectivity index (χ0v) is 23.7. The number of nitrogens with zero attached hydrogens (tertiary/aromatic N) is 5. The van der Waals surface area contributed by atoms with Crippen LogP contribution in [0.3, 0.4) is 0 Å².